The summed E-state index contributed by atoms with van der Waals surface area (Å²) >= 11 is 0. The molecule has 6 nitrogen and oxygen atoms in total. The zero-order valence-corrected chi connectivity index (χ0v) is 12.4. The normalized spacial score (nSPS) is 10.2. The van der Waals surface area contributed by atoms with Gasteiger partial charge in [0.15, 0.2) is 12.4 Å². The fourth-order valence-electron chi connectivity index (χ4n) is 1.94. The zero-order chi connectivity index (χ0) is 16.8. The zero-order valence-electron chi connectivity index (χ0n) is 12.4. The smallest absolute Gasteiger partial charge is 0.310 e. The van der Waals surface area contributed by atoms with Crippen molar-refractivity contribution in [1.82, 2.24) is 5.32 Å². The lowest BCUT2D eigenvalue weighted by molar-refractivity contribution is -0.385. The van der Waals surface area contributed by atoms with Crippen molar-refractivity contribution in [3.63, 3.8) is 0 Å². The topological polar surface area (TPSA) is 81.5 Å². The van der Waals surface area contributed by atoms with Gasteiger partial charge in [0, 0.05) is 12.6 Å². The summed E-state index contributed by atoms with van der Waals surface area (Å²) in [4.78, 5) is 22.0. The Hall–Kier alpha value is -2.96. The number of nitrogens with one attached hydrogen (secondary N) is 1. The van der Waals surface area contributed by atoms with Crippen molar-refractivity contribution in [2.75, 3.05) is 6.61 Å². The Labute approximate surface area is 132 Å². The molecule has 0 fully saturated rings. The second kappa shape index (κ2) is 7.35. The lowest BCUT2D eigenvalue weighted by Crippen LogP contribution is -2.28. The molecule has 2 aromatic carbocycles. The molecule has 0 heterocycles. The Bertz CT molecular complexity index is 734. The molecule has 2 aromatic rings. The fourth-order valence-corrected chi connectivity index (χ4v) is 1.94. The number of hydrogen-bond donors (Lipinski definition) is 1. The van der Waals surface area contributed by atoms with E-state index in [-0.39, 0.29) is 30.4 Å². The molecule has 0 radical (unpaired) electrons. The summed E-state index contributed by atoms with van der Waals surface area (Å²) < 4.78 is 18.3. The molecule has 0 aliphatic carbocycles. The van der Waals surface area contributed by atoms with E-state index in [9.17, 15) is 19.3 Å². The summed E-state index contributed by atoms with van der Waals surface area (Å²) in [5, 5.41) is 13.4. The third-order valence-electron chi connectivity index (χ3n) is 3.13. The van der Waals surface area contributed by atoms with E-state index in [2.05, 4.69) is 5.32 Å². The van der Waals surface area contributed by atoms with Gasteiger partial charge in [0.05, 0.1) is 4.92 Å². The summed E-state index contributed by atoms with van der Waals surface area (Å²) in [5.41, 5.74) is 1.05. The molecule has 0 saturated heterocycles. The minimum Gasteiger partial charge on any atom is -0.477 e. The minimum absolute atomic E-state index is 0.0327. The maximum absolute atomic E-state index is 13.1. The molecule has 0 unspecified atom stereocenters. The average molecular weight is 318 g/mol. The predicted molar refractivity (Wildman–Crippen MR) is 81.6 cm³/mol. The second-order valence-electron chi connectivity index (χ2n) is 4.87. The van der Waals surface area contributed by atoms with E-state index in [0.717, 1.165) is 5.56 Å². The highest BCUT2D eigenvalue weighted by atomic mass is 19.1. The molecule has 0 atom stereocenters. The van der Waals surface area contributed by atoms with Gasteiger partial charge in [0.2, 0.25) is 0 Å². The summed E-state index contributed by atoms with van der Waals surface area (Å²) in [5.74, 6) is -0.699. The number of hydrogen-bond acceptors (Lipinski definition) is 4. The van der Waals surface area contributed by atoms with Crippen LogP contribution in [0, 0.1) is 22.9 Å². The highest BCUT2D eigenvalue weighted by molar-refractivity contribution is 5.77. The Morgan fingerprint density at radius 3 is 2.74 bits per heavy atom. The standard InChI is InChI=1S/C16H15FN2O4/c1-11-8-12(6-7-13(11)17)9-18-16(20)10-23-15-5-3-2-4-14(15)19(21)22/h2-8H,9-10H2,1H3,(H,18,20). The van der Waals surface area contributed by atoms with Crippen molar-refractivity contribution < 1.29 is 18.8 Å². The van der Waals surface area contributed by atoms with Gasteiger partial charge in [-0.25, -0.2) is 4.39 Å². The molecule has 1 amide bonds. The summed E-state index contributed by atoms with van der Waals surface area (Å²) in [6, 6.07) is 10.4. The Kier molecular flexibility index (Phi) is 5.24. The van der Waals surface area contributed by atoms with Gasteiger partial charge in [-0.15, -0.1) is 0 Å². The quantitative estimate of drug-likeness (QED) is 0.656. The van der Waals surface area contributed by atoms with E-state index in [1.165, 1.54) is 24.3 Å². The first-order valence-electron chi connectivity index (χ1n) is 6.85. The lowest BCUT2D eigenvalue weighted by atomic mass is 10.1. The largest absolute Gasteiger partial charge is 0.477 e. The Balaban J connectivity index is 1.88. The molecule has 23 heavy (non-hydrogen) atoms. The number of nitro groups is 1. The molecule has 0 aromatic heterocycles. The van der Waals surface area contributed by atoms with Crippen LogP contribution in [0.15, 0.2) is 42.5 Å². The van der Waals surface area contributed by atoms with Gasteiger partial charge in [0.1, 0.15) is 5.82 Å². The van der Waals surface area contributed by atoms with Crippen molar-refractivity contribution in [2.45, 2.75) is 13.5 Å². The van der Waals surface area contributed by atoms with E-state index in [1.807, 2.05) is 0 Å². The first kappa shape index (κ1) is 16.4. The van der Waals surface area contributed by atoms with Crippen LogP contribution in [-0.4, -0.2) is 17.4 Å². The van der Waals surface area contributed by atoms with Gasteiger partial charge in [-0.05, 0) is 30.2 Å². The van der Waals surface area contributed by atoms with E-state index >= 15 is 0 Å². The number of para-hydroxylation sites is 2. The van der Waals surface area contributed by atoms with Crippen LogP contribution in [0.4, 0.5) is 10.1 Å². The molecule has 2 rings (SSSR count). The Morgan fingerprint density at radius 1 is 1.30 bits per heavy atom. The molecule has 120 valence electrons. The predicted octanol–water partition coefficient (Wildman–Crippen LogP) is 2.74. The maximum Gasteiger partial charge on any atom is 0.310 e. The van der Waals surface area contributed by atoms with Crippen LogP contribution in [-0.2, 0) is 11.3 Å². The van der Waals surface area contributed by atoms with E-state index in [1.54, 1.807) is 25.1 Å². The van der Waals surface area contributed by atoms with Crippen molar-refractivity contribution in [3.05, 3.63) is 69.5 Å². The van der Waals surface area contributed by atoms with Crippen molar-refractivity contribution in [2.24, 2.45) is 0 Å². The van der Waals surface area contributed by atoms with Gasteiger partial charge in [-0.1, -0.05) is 24.3 Å². The first-order valence-corrected chi connectivity index (χ1v) is 6.85. The fraction of sp³-hybridized carbons (Fsp3) is 0.188. The maximum atomic E-state index is 13.1. The number of rotatable bonds is 6. The van der Waals surface area contributed by atoms with Crippen LogP contribution in [0.1, 0.15) is 11.1 Å². The average Bonchev–Trinajstić information content (AvgIpc) is 2.54. The van der Waals surface area contributed by atoms with Crippen molar-refractivity contribution in [3.8, 4) is 5.75 Å². The summed E-state index contributed by atoms with van der Waals surface area (Å²) in [7, 11) is 0. The molecular formula is C16H15FN2O4. The van der Waals surface area contributed by atoms with E-state index < -0.39 is 10.8 Å². The number of halogens is 1. The first-order chi connectivity index (χ1) is 11.0. The summed E-state index contributed by atoms with van der Waals surface area (Å²) in [6.45, 7) is 1.52. The van der Waals surface area contributed by atoms with Crippen molar-refractivity contribution in [1.29, 1.82) is 0 Å². The van der Waals surface area contributed by atoms with Gasteiger partial charge in [-0.2, -0.15) is 0 Å². The van der Waals surface area contributed by atoms with Gasteiger partial charge >= 0.3 is 5.69 Å². The molecule has 0 spiro atoms. The highest BCUT2D eigenvalue weighted by Crippen LogP contribution is 2.25. The molecule has 0 aliphatic rings. The van der Waals surface area contributed by atoms with Crippen LogP contribution in [0.25, 0.3) is 0 Å². The number of amides is 1. The molecule has 1 N–H and O–H groups in total. The molecule has 0 aliphatic heterocycles. The monoisotopic (exact) mass is 318 g/mol. The van der Waals surface area contributed by atoms with Gasteiger partial charge in [-0.3, -0.25) is 14.9 Å². The van der Waals surface area contributed by atoms with Crippen LogP contribution in [0.2, 0.25) is 0 Å². The van der Waals surface area contributed by atoms with Crippen LogP contribution < -0.4 is 10.1 Å². The van der Waals surface area contributed by atoms with E-state index in [4.69, 9.17) is 4.74 Å². The molecule has 0 saturated carbocycles. The number of aryl methyl sites for hydroxylation is 1. The molecule has 0 bridgehead atoms. The second-order valence-corrected chi connectivity index (χ2v) is 4.87. The minimum atomic E-state index is -0.575. The van der Waals surface area contributed by atoms with Crippen LogP contribution in [0.3, 0.4) is 0 Å². The van der Waals surface area contributed by atoms with Crippen molar-refractivity contribution >= 4 is 11.6 Å². The number of nitro benzene ring substituents is 1. The lowest BCUT2D eigenvalue weighted by Gasteiger charge is -2.08. The Morgan fingerprint density at radius 2 is 2.04 bits per heavy atom. The SMILES string of the molecule is Cc1cc(CNC(=O)COc2ccccc2[N+](=O)[O-])ccc1F. The number of carbonyl (C=O) groups is 1. The third-order valence-corrected chi connectivity index (χ3v) is 3.13. The molecular weight excluding hydrogens is 303 g/mol. The number of carbonyl (C=O) groups excluding carboxylic acids is 1. The van der Waals surface area contributed by atoms with Gasteiger partial charge in [0.25, 0.3) is 5.91 Å². The number of benzene rings is 2. The third kappa shape index (κ3) is 4.50. The van der Waals surface area contributed by atoms with Crippen LogP contribution >= 0.6 is 0 Å². The number of nitrogens with zero attached hydrogens (tertiary/aromatic N) is 1. The number of ether oxygens (including phenoxy) is 1. The van der Waals surface area contributed by atoms with Crippen LogP contribution in [0.5, 0.6) is 5.75 Å². The summed E-state index contributed by atoms with van der Waals surface area (Å²) in [6.07, 6.45) is 0. The van der Waals surface area contributed by atoms with E-state index in [0.29, 0.717) is 5.56 Å². The molecule has 7 heteroatoms. The van der Waals surface area contributed by atoms with Gasteiger partial charge < -0.3 is 10.1 Å². The highest BCUT2D eigenvalue weighted by Gasteiger charge is 2.14.